The van der Waals surface area contributed by atoms with Gasteiger partial charge in [0.2, 0.25) is 5.91 Å². The fourth-order valence-corrected chi connectivity index (χ4v) is 1.70. The monoisotopic (exact) mass is 260 g/mol. The van der Waals surface area contributed by atoms with E-state index in [4.69, 9.17) is 11.6 Å². The summed E-state index contributed by atoms with van der Waals surface area (Å²) in [7, 11) is 0. The summed E-state index contributed by atoms with van der Waals surface area (Å²) >= 11 is 5.85. The van der Waals surface area contributed by atoms with E-state index in [-0.39, 0.29) is 5.91 Å². The number of rotatable bonds is 4. The van der Waals surface area contributed by atoms with Crippen molar-refractivity contribution in [2.45, 2.75) is 6.54 Å². The Morgan fingerprint density at radius 1 is 1.39 bits per heavy atom. The molecule has 0 bridgehead atoms. The Balaban J connectivity index is 1.87. The molecule has 0 radical (unpaired) electrons. The number of halogens is 1. The molecule has 0 aliphatic rings. The molecular formula is C14H13ClN2O. The van der Waals surface area contributed by atoms with Gasteiger partial charge in [-0.15, -0.1) is 0 Å². The molecule has 2 aromatic rings. The first-order valence-corrected chi connectivity index (χ1v) is 5.95. The van der Waals surface area contributed by atoms with Crippen LogP contribution in [0.5, 0.6) is 0 Å². The van der Waals surface area contributed by atoms with E-state index in [0.29, 0.717) is 11.6 Å². The molecule has 0 aliphatic heterocycles. The number of amides is 1. The van der Waals surface area contributed by atoms with Crippen LogP contribution in [0.25, 0.3) is 6.08 Å². The highest BCUT2D eigenvalue weighted by atomic mass is 35.5. The number of hydrogen-bond acceptors (Lipinski definition) is 1. The Morgan fingerprint density at radius 2 is 2.28 bits per heavy atom. The maximum atomic E-state index is 11.6. The largest absolute Gasteiger partial charge is 0.367 e. The number of benzene rings is 1. The maximum Gasteiger partial charge on any atom is 0.244 e. The van der Waals surface area contributed by atoms with Crippen LogP contribution in [0.1, 0.15) is 11.1 Å². The number of carbonyl (C=O) groups excluding carboxylic acids is 1. The Hall–Kier alpha value is -2.00. The van der Waals surface area contributed by atoms with Crippen molar-refractivity contribution < 1.29 is 4.79 Å². The van der Waals surface area contributed by atoms with Crippen molar-refractivity contribution in [1.29, 1.82) is 0 Å². The van der Waals surface area contributed by atoms with E-state index in [9.17, 15) is 4.79 Å². The molecule has 0 atom stereocenters. The summed E-state index contributed by atoms with van der Waals surface area (Å²) in [5.74, 6) is -0.129. The molecule has 0 saturated carbocycles. The highest BCUT2D eigenvalue weighted by Gasteiger charge is 1.97. The normalized spacial score (nSPS) is 10.7. The van der Waals surface area contributed by atoms with E-state index >= 15 is 0 Å². The SMILES string of the molecule is O=C(/C=C/c1cccc(Cl)c1)NCc1cc[nH]c1. The van der Waals surface area contributed by atoms with Crippen LogP contribution in [0.2, 0.25) is 5.02 Å². The number of aromatic amines is 1. The van der Waals surface area contributed by atoms with Crippen molar-refractivity contribution >= 4 is 23.6 Å². The Bertz CT molecular complexity index is 547. The second-order valence-electron chi connectivity index (χ2n) is 3.83. The zero-order chi connectivity index (χ0) is 12.8. The molecule has 0 fully saturated rings. The predicted octanol–water partition coefficient (Wildman–Crippen LogP) is 3.00. The average Bonchev–Trinajstić information content (AvgIpc) is 2.87. The van der Waals surface area contributed by atoms with Crippen LogP contribution >= 0.6 is 11.6 Å². The summed E-state index contributed by atoms with van der Waals surface area (Å²) in [5, 5.41) is 3.45. The minimum Gasteiger partial charge on any atom is -0.367 e. The quantitative estimate of drug-likeness (QED) is 0.816. The summed E-state index contributed by atoms with van der Waals surface area (Å²) in [6, 6.07) is 9.25. The van der Waals surface area contributed by atoms with Crippen LogP contribution in [-0.4, -0.2) is 10.9 Å². The van der Waals surface area contributed by atoms with Gasteiger partial charge in [-0.05, 0) is 35.4 Å². The summed E-state index contributed by atoms with van der Waals surface area (Å²) in [5.41, 5.74) is 1.94. The van der Waals surface area contributed by atoms with Gasteiger partial charge in [-0.25, -0.2) is 0 Å². The summed E-state index contributed by atoms with van der Waals surface area (Å²) in [6.45, 7) is 0.516. The van der Waals surface area contributed by atoms with Gasteiger partial charge < -0.3 is 10.3 Å². The first kappa shape index (κ1) is 12.5. The van der Waals surface area contributed by atoms with Gasteiger partial charge in [0.15, 0.2) is 0 Å². The molecule has 3 nitrogen and oxygen atoms in total. The molecule has 0 aliphatic carbocycles. The van der Waals surface area contributed by atoms with Gasteiger partial charge in [-0.2, -0.15) is 0 Å². The summed E-state index contributed by atoms with van der Waals surface area (Å²) in [6.07, 6.45) is 6.90. The van der Waals surface area contributed by atoms with Crippen LogP contribution in [0, 0.1) is 0 Å². The first-order valence-electron chi connectivity index (χ1n) is 5.57. The molecule has 1 amide bonds. The first-order chi connectivity index (χ1) is 8.74. The molecular weight excluding hydrogens is 248 g/mol. The van der Waals surface area contributed by atoms with Crippen molar-refractivity contribution in [2.24, 2.45) is 0 Å². The number of carbonyl (C=O) groups is 1. The van der Waals surface area contributed by atoms with Crippen molar-refractivity contribution in [2.75, 3.05) is 0 Å². The molecule has 1 aromatic heterocycles. The highest BCUT2D eigenvalue weighted by molar-refractivity contribution is 6.30. The van der Waals surface area contributed by atoms with Crippen LogP contribution in [0.3, 0.4) is 0 Å². The molecule has 0 saturated heterocycles. The standard InChI is InChI=1S/C14H13ClN2O/c15-13-3-1-2-11(8-13)4-5-14(18)17-10-12-6-7-16-9-12/h1-9,16H,10H2,(H,17,18)/b5-4+. The third-order valence-corrected chi connectivity index (χ3v) is 2.64. The maximum absolute atomic E-state index is 11.6. The molecule has 1 heterocycles. The van der Waals surface area contributed by atoms with E-state index in [1.165, 1.54) is 6.08 Å². The van der Waals surface area contributed by atoms with Crippen LogP contribution < -0.4 is 5.32 Å². The lowest BCUT2D eigenvalue weighted by Crippen LogP contribution is -2.19. The van der Waals surface area contributed by atoms with Crippen molar-refractivity contribution in [3.8, 4) is 0 Å². The molecule has 92 valence electrons. The van der Waals surface area contributed by atoms with Gasteiger partial charge in [-0.1, -0.05) is 23.7 Å². The number of hydrogen-bond donors (Lipinski definition) is 2. The Kier molecular flexibility index (Phi) is 4.20. The van der Waals surface area contributed by atoms with E-state index in [1.807, 2.05) is 30.6 Å². The lowest BCUT2D eigenvalue weighted by Gasteiger charge is -1.99. The number of nitrogens with one attached hydrogen (secondary N) is 2. The molecule has 4 heteroatoms. The second kappa shape index (κ2) is 6.07. The fourth-order valence-electron chi connectivity index (χ4n) is 1.50. The minimum atomic E-state index is -0.129. The summed E-state index contributed by atoms with van der Waals surface area (Å²) in [4.78, 5) is 14.5. The van der Waals surface area contributed by atoms with Gasteiger partial charge in [-0.3, -0.25) is 4.79 Å². The topological polar surface area (TPSA) is 44.9 Å². The van der Waals surface area contributed by atoms with Gasteiger partial charge in [0.25, 0.3) is 0 Å². The third-order valence-electron chi connectivity index (χ3n) is 2.40. The molecule has 1 aromatic carbocycles. The van der Waals surface area contributed by atoms with Crippen LogP contribution in [0.15, 0.2) is 48.8 Å². The van der Waals surface area contributed by atoms with Crippen molar-refractivity contribution in [3.05, 3.63) is 65.0 Å². The second-order valence-corrected chi connectivity index (χ2v) is 4.26. The molecule has 2 rings (SSSR count). The Morgan fingerprint density at radius 3 is 3.00 bits per heavy atom. The highest BCUT2D eigenvalue weighted by Crippen LogP contribution is 2.11. The van der Waals surface area contributed by atoms with Crippen LogP contribution in [0.4, 0.5) is 0 Å². The zero-order valence-corrected chi connectivity index (χ0v) is 10.4. The fraction of sp³-hybridized carbons (Fsp3) is 0.0714. The van der Waals surface area contributed by atoms with Crippen molar-refractivity contribution in [3.63, 3.8) is 0 Å². The molecule has 0 unspecified atom stereocenters. The van der Waals surface area contributed by atoms with E-state index in [0.717, 1.165) is 11.1 Å². The van der Waals surface area contributed by atoms with Gasteiger partial charge >= 0.3 is 0 Å². The average molecular weight is 261 g/mol. The minimum absolute atomic E-state index is 0.129. The molecule has 18 heavy (non-hydrogen) atoms. The van der Waals surface area contributed by atoms with Crippen LogP contribution in [-0.2, 0) is 11.3 Å². The third kappa shape index (κ3) is 3.79. The van der Waals surface area contributed by atoms with E-state index < -0.39 is 0 Å². The van der Waals surface area contributed by atoms with Gasteiger partial charge in [0.1, 0.15) is 0 Å². The smallest absolute Gasteiger partial charge is 0.244 e. The van der Waals surface area contributed by atoms with E-state index in [2.05, 4.69) is 10.3 Å². The summed E-state index contributed by atoms with van der Waals surface area (Å²) < 4.78 is 0. The molecule has 0 spiro atoms. The zero-order valence-electron chi connectivity index (χ0n) is 9.69. The van der Waals surface area contributed by atoms with Crippen molar-refractivity contribution in [1.82, 2.24) is 10.3 Å². The number of aromatic nitrogens is 1. The predicted molar refractivity (Wildman–Crippen MR) is 73.1 cm³/mol. The lowest BCUT2D eigenvalue weighted by molar-refractivity contribution is -0.116. The lowest BCUT2D eigenvalue weighted by atomic mass is 10.2. The Labute approximate surface area is 110 Å². The van der Waals surface area contributed by atoms with Gasteiger partial charge in [0, 0.05) is 30.0 Å². The number of H-pyrrole nitrogens is 1. The van der Waals surface area contributed by atoms with E-state index in [1.54, 1.807) is 18.2 Å². The van der Waals surface area contributed by atoms with Gasteiger partial charge in [0.05, 0.1) is 0 Å². The molecule has 2 N–H and O–H groups in total.